The van der Waals surface area contributed by atoms with Crippen LogP contribution in [0.2, 0.25) is 0 Å². The zero-order valence-electron chi connectivity index (χ0n) is 7.05. The topological polar surface area (TPSA) is 12.4 Å². The van der Waals surface area contributed by atoms with E-state index < -0.39 is 11.9 Å². The SMILES string of the molecule is C#CC(=Nc1ccccc1)C(F)(F)F. The summed E-state index contributed by atoms with van der Waals surface area (Å²) in [6.07, 6.45) is 0.141. The van der Waals surface area contributed by atoms with Crippen molar-refractivity contribution in [3.05, 3.63) is 30.3 Å². The maximum atomic E-state index is 12.1. The maximum Gasteiger partial charge on any atom is 0.441 e. The normalized spacial score (nSPS) is 12.3. The summed E-state index contributed by atoms with van der Waals surface area (Å²) < 4.78 is 36.4. The van der Waals surface area contributed by atoms with E-state index >= 15 is 0 Å². The maximum absolute atomic E-state index is 12.1. The third-order valence-corrected chi connectivity index (χ3v) is 1.40. The summed E-state index contributed by atoms with van der Waals surface area (Å²) in [5, 5.41) is 0. The molecule has 0 fully saturated rings. The number of rotatable bonds is 1. The number of halogens is 3. The van der Waals surface area contributed by atoms with E-state index in [1.807, 2.05) is 0 Å². The van der Waals surface area contributed by atoms with Crippen molar-refractivity contribution in [2.24, 2.45) is 4.99 Å². The van der Waals surface area contributed by atoms with Gasteiger partial charge in [0, 0.05) is 0 Å². The Morgan fingerprint density at radius 2 is 1.79 bits per heavy atom. The van der Waals surface area contributed by atoms with Gasteiger partial charge in [0.25, 0.3) is 0 Å². The second kappa shape index (κ2) is 3.97. The van der Waals surface area contributed by atoms with Gasteiger partial charge in [0.2, 0.25) is 0 Å². The van der Waals surface area contributed by atoms with Crippen LogP contribution in [0.15, 0.2) is 35.3 Å². The van der Waals surface area contributed by atoms with Crippen LogP contribution in [0.5, 0.6) is 0 Å². The van der Waals surface area contributed by atoms with Crippen LogP contribution in [0.4, 0.5) is 18.9 Å². The van der Waals surface area contributed by atoms with E-state index in [0.717, 1.165) is 0 Å². The molecule has 4 heteroatoms. The molecular formula is C10H6F3N. The molecule has 0 aromatic heterocycles. The van der Waals surface area contributed by atoms with Gasteiger partial charge in [0.05, 0.1) is 5.69 Å². The van der Waals surface area contributed by atoms with Crippen molar-refractivity contribution in [1.29, 1.82) is 0 Å². The molecule has 0 aliphatic carbocycles. The first-order valence-corrected chi connectivity index (χ1v) is 3.71. The molecule has 0 spiro atoms. The van der Waals surface area contributed by atoms with Crippen molar-refractivity contribution in [2.45, 2.75) is 6.18 Å². The summed E-state index contributed by atoms with van der Waals surface area (Å²) in [6, 6.07) is 7.75. The molecule has 0 bridgehead atoms. The van der Waals surface area contributed by atoms with Gasteiger partial charge in [-0.1, -0.05) is 18.2 Å². The summed E-state index contributed by atoms with van der Waals surface area (Å²) in [6.45, 7) is 0. The number of alkyl halides is 3. The van der Waals surface area contributed by atoms with Gasteiger partial charge in [-0.05, 0) is 18.1 Å². The molecule has 1 nitrogen and oxygen atoms in total. The molecule has 14 heavy (non-hydrogen) atoms. The fourth-order valence-electron chi connectivity index (χ4n) is 0.809. The molecule has 1 aromatic rings. The molecule has 0 aliphatic heterocycles. The minimum Gasteiger partial charge on any atom is -0.235 e. The highest BCUT2D eigenvalue weighted by atomic mass is 19.4. The molecule has 0 saturated heterocycles. The van der Waals surface area contributed by atoms with E-state index in [9.17, 15) is 13.2 Å². The highest BCUT2D eigenvalue weighted by Crippen LogP contribution is 2.20. The first-order valence-electron chi connectivity index (χ1n) is 3.71. The monoisotopic (exact) mass is 197 g/mol. The van der Waals surface area contributed by atoms with Crippen LogP contribution in [0.25, 0.3) is 0 Å². The number of nitrogens with zero attached hydrogens (tertiary/aromatic N) is 1. The van der Waals surface area contributed by atoms with Gasteiger partial charge in [-0.3, -0.25) is 0 Å². The first-order chi connectivity index (χ1) is 6.54. The molecule has 72 valence electrons. The second-order valence-electron chi connectivity index (χ2n) is 2.44. The Morgan fingerprint density at radius 3 is 2.21 bits per heavy atom. The number of hydrogen-bond donors (Lipinski definition) is 0. The Morgan fingerprint density at radius 1 is 1.21 bits per heavy atom. The predicted octanol–water partition coefficient (Wildman–Crippen LogP) is 2.95. The summed E-state index contributed by atoms with van der Waals surface area (Å²) in [5.74, 6) is 1.52. The second-order valence-corrected chi connectivity index (χ2v) is 2.44. The fraction of sp³-hybridized carbons (Fsp3) is 0.100. The van der Waals surface area contributed by atoms with Gasteiger partial charge < -0.3 is 0 Å². The molecule has 0 unspecified atom stereocenters. The average molecular weight is 197 g/mol. The molecule has 0 atom stereocenters. The van der Waals surface area contributed by atoms with E-state index in [1.54, 1.807) is 18.2 Å². The van der Waals surface area contributed by atoms with Gasteiger partial charge in [0.15, 0.2) is 5.71 Å². The van der Waals surface area contributed by atoms with Crippen LogP contribution in [0.3, 0.4) is 0 Å². The minimum absolute atomic E-state index is 0.192. The minimum atomic E-state index is -4.56. The molecule has 0 N–H and O–H groups in total. The summed E-state index contributed by atoms with van der Waals surface area (Å²) in [5.41, 5.74) is -1.03. The van der Waals surface area contributed by atoms with Gasteiger partial charge >= 0.3 is 6.18 Å². The average Bonchev–Trinajstić information content (AvgIpc) is 2.14. The number of hydrogen-bond acceptors (Lipinski definition) is 1. The Hall–Kier alpha value is -1.76. The predicted molar refractivity (Wildman–Crippen MR) is 48.4 cm³/mol. The van der Waals surface area contributed by atoms with Crippen molar-refractivity contribution in [1.82, 2.24) is 0 Å². The third kappa shape index (κ3) is 2.63. The Kier molecular flexibility index (Phi) is 2.92. The molecule has 0 saturated carbocycles. The fourth-order valence-corrected chi connectivity index (χ4v) is 0.809. The van der Waals surface area contributed by atoms with Gasteiger partial charge in [-0.2, -0.15) is 13.2 Å². The van der Waals surface area contributed by atoms with Crippen molar-refractivity contribution < 1.29 is 13.2 Å². The third-order valence-electron chi connectivity index (χ3n) is 1.40. The van der Waals surface area contributed by atoms with Crippen molar-refractivity contribution >= 4 is 11.4 Å². The zero-order chi connectivity index (χ0) is 10.6. The summed E-state index contributed by atoms with van der Waals surface area (Å²) in [4.78, 5) is 3.30. The molecular weight excluding hydrogens is 191 g/mol. The van der Waals surface area contributed by atoms with Crippen LogP contribution in [0.1, 0.15) is 0 Å². The van der Waals surface area contributed by atoms with Crippen molar-refractivity contribution in [2.75, 3.05) is 0 Å². The Balaban J connectivity index is 3.04. The molecule has 0 heterocycles. The van der Waals surface area contributed by atoms with Crippen molar-refractivity contribution in [3.63, 3.8) is 0 Å². The Labute approximate surface area is 79.3 Å². The van der Waals surface area contributed by atoms with Gasteiger partial charge in [0.1, 0.15) is 0 Å². The van der Waals surface area contributed by atoms with Gasteiger partial charge in [-0.25, -0.2) is 4.99 Å². The first kappa shape index (κ1) is 10.3. The lowest BCUT2D eigenvalue weighted by molar-refractivity contribution is -0.0571. The van der Waals surface area contributed by atoms with E-state index in [4.69, 9.17) is 6.42 Å². The van der Waals surface area contributed by atoms with Crippen LogP contribution < -0.4 is 0 Å². The van der Waals surface area contributed by atoms with E-state index in [0.29, 0.717) is 0 Å². The highest BCUT2D eigenvalue weighted by molar-refractivity contribution is 6.05. The van der Waals surface area contributed by atoms with E-state index in [1.165, 1.54) is 18.1 Å². The Bertz CT molecular complexity index is 371. The van der Waals surface area contributed by atoms with Crippen molar-refractivity contribution in [3.8, 4) is 12.3 Å². The zero-order valence-corrected chi connectivity index (χ0v) is 7.05. The molecule has 0 amide bonds. The highest BCUT2D eigenvalue weighted by Gasteiger charge is 2.34. The quantitative estimate of drug-likeness (QED) is 0.484. The molecule has 0 aliphatic rings. The molecule has 1 aromatic carbocycles. The lowest BCUT2D eigenvalue weighted by Crippen LogP contribution is -2.20. The van der Waals surface area contributed by atoms with Crippen LogP contribution in [0, 0.1) is 12.3 Å². The largest absolute Gasteiger partial charge is 0.441 e. The van der Waals surface area contributed by atoms with Gasteiger partial charge in [-0.15, -0.1) is 6.42 Å². The molecule has 1 rings (SSSR count). The van der Waals surface area contributed by atoms with Crippen LogP contribution in [-0.4, -0.2) is 11.9 Å². The summed E-state index contributed by atoms with van der Waals surface area (Å²) in [7, 11) is 0. The number of aliphatic imine (C=N–C) groups is 1. The standard InChI is InChI=1S/C10H6F3N/c1-2-9(10(11,12)13)14-8-6-4-3-5-7-8/h1,3-7H. The molecule has 0 radical (unpaired) electrons. The van der Waals surface area contributed by atoms with Crippen LogP contribution in [-0.2, 0) is 0 Å². The summed E-state index contributed by atoms with van der Waals surface area (Å²) >= 11 is 0. The number of benzene rings is 1. The van der Waals surface area contributed by atoms with E-state index in [2.05, 4.69) is 4.99 Å². The van der Waals surface area contributed by atoms with Crippen LogP contribution >= 0.6 is 0 Å². The number of para-hydroxylation sites is 1. The lowest BCUT2D eigenvalue weighted by Gasteiger charge is -2.03. The van der Waals surface area contributed by atoms with E-state index in [-0.39, 0.29) is 5.69 Å². The smallest absolute Gasteiger partial charge is 0.235 e. The lowest BCUT2D eigenvalue weighted by atomic mass is 10.3. The number of terminal acetylenes is 1.